The van der Waals surface area contributed by atoms with Crippen molar-refractivity contribution in [3.05, 3.63) is 36.8 Å². The molecule has 2 aromatic rings. The van der Waals surface area contributed by atoms with Crippen LogP contribution in [0.4, 0.5) is 23.7 Å². The predicted octanol–water partition coefficient (Wildman–Crippen LogP) is 2.27. The van der Waals surface area contributed by atoms with E-state index in [1.165, 1.54) is 11.1 Å². The van der Waals surface area contributed by atoms with Gasteiger partial charge in [0.25, 0.3) is 0 Å². The minimum Gasteiger partial charge on any atom is -0.338 e. The number of hydrogen-bond acceptors (Lipinski definition) is 4. The molecular formula is C16H19F3N6O. The summed E-state index contributed by atoms with van der Waals surface area (Å²) in [5.41, 5.74) is 0.517. The zero-order valence-electron chi connectivity index (χ0n) is 13.9. The van der Waals surface area contributed by atoms with Crippen LogP contribution in [0.15, 0.2) is 36.8 Å². The molecule has 140 valence electrons. The van der Waals surface area contributed by atoms with E-state index in [4.69, 9.17) is 0 Å². The minimum absolute atomic E-state index is 0.0171. The molecule has 1 aliphatic heterocycles. The van der Waals surface area contributed by atoms with E-state index in [0.717, 1.165) is 0 Å². The summed E-state index contributed by atoms with van der Waals surface area (Å²) in [4.78, 5) is 17.5. The summed E-state index contributed by atoms with van der Waals surface area (Å²) in [5, 5.41) is 9.41. The van der Waals surface area contributed by atoms with Crippen LogP contribution in [0.1, 0.15) is 6.42 Å². The third-order valence-electron chi connectivity index (χ3n) is 4.07. The molecule has 0 saturated carbocycles. The molecular weight excluding hydrogens is 349 g/mol. The Hall–Kier alpha value is -2.62. The van der Waals surface area contributed by atoms with Gasteiger partial charge >= 0.3 is 12.2 Å². The summed E-state index contributed by atoms with van der Waals surface area (Å²) >= 11 is 0. The number of rotatable bonds is 5. The fraction of sp³-hybridized carbons (Fsp3) is 0.438. The van der Waals surface area contributed by atoms with Crippen molar-refractivity contribution in [1.82, 2.24) is 25.0 Å². The van der Waals surface area contributed by atoms with Crippen LogP contribution in [0, 0.1) is 5.92 Å². The number of nitrogens with one attached hydrogen (secondary N) is 2. The lowest BCUT2D eigenvalue weighted by Gasteiger charge is -2.18. The largest absolute Gasteiger partial charge is 0.401 e. The first-order valence-corrected chi connectivity index (χ1v) is 8.19. The highest BCUT2D eigenvalue weighted by Gasteiger charge is 2.34. The number of alkyl halides is 3. The number of amides is 2. The number of nitrogens with zero attached hydrogens (tertiary/aromatic N) is 4. The normalized spacial score (nSPS) is 18.0. The Kier molecular flexibility index (Phi) is 5.40. The smallest absolute Gasteiger partial charge is 0.338 e. The molecule has 1 atom stereocenters. The molecule has 1 aliphatic rings. The van der Waals surface area contributed by atoms with Gasteiger partial charge in [-0.15, -0.1) is 0 Å². The molecule has 0 radical (unpaired) electrons. The van der Waals surface area contributed by atoms with Gasteiger partial charge in [0, 0.05) is 25.5 Å². The van der Waals surface area contributed by atoms with Gasteiger partial charge < -0.3 is 10.6 Å². The van der Waals surface area contributed by atoms with Crippen molar-refractivity contribution < 1.29 is 18.0 Å². The van der Waals surface area contributed by atoms with Crippen molar-refractivity contribution in [3.63, 3.8) is 0 Å². The average Bonchev–Trinajstić information content (AvgIpc) is 3.24. The number of likely N-dealkylation sites (tertiary alicyclic amines) is 1. The van der Waals surface area contributed by atoms with Crippen LogP contribution in [0.3, 0.4) is 0 Å². The molecule has 0 aromatic carbocycles. The molecule has 26 heavy (non-hydrogen) atoms. The first-order chi connectivity index (χ1) is 12.4. The van der Waals surface area contributed by atoms with Crippen molar-refractivity contribution in [2.75, 3.05) is 31.5 Å². The Bertz CT molecular complexity index is 717. The standard InChI is InChI=1S/C16H19F3N6O/c17-16(18,19)11-24-7-4-12(10-24)8-21-15(26)23-13-2-3-14(20-9-13)25-6-1-5-22-25/h1-3,5-6,9,12H,4,7-8,10-11H2,(H2,21,23,26)/t12-/m1/s1. The summed E-state index contributed by atoms with van der Waals surface area (Å²) in [6, 6.07) is 4.78. The molecule has 10 heteroatoms. The second-order valence-electron chi connectivity index (χ2n) is 6.20. The summed E-state index contributed by atoms with van der Waals surface area (Å²) in [5.74, 6) is 0.639. The maximum atomic E-state index is 12.4. The molecule has 3 rings (SSSR count). The average molecular weight is 368 g/mol. The highest BCUT2D eigenvalue weighted by Crippen LogP contribution is 2.22. The molecule has 0 unspecified atom stereocenters. The Morgan fingerprint density at radius 2 is 2.19 bits per heavy atom. The Morgan fingerprint density at radius 1 is 1.35 bits per heavy atom. The van der Waals surface area contributed by atoms with Crippen LogP contribution >= 0.6 is 0 Å². The van der Waals surface area contributed by atoms with Crippen LogP contribution < -0.4 is 10.6 Å². The van der Waals surface area contributed by atoms with E-state index in [1.54, 1.807) is 35.3 Å². The van der Waals surface area contributed by atoms with Crippen LogP contribution in [0.2, 0.25) is 0 Å². The molecule has 2 amide bonds. The van der Waals surface area contributed by atoms with Crippen molar-refractivity contribution in [2.24, 2.45) is 5.92 Å². The van der Waals surface area contributed by atoms with E-state index in [0.29, 0.717) is 37.6 Å². The maximum Gasteiger partial charge on any atom is 0.401 e. The molecule has 3 heterocycles. The quantitative estimate of drug-likeness (QED) is 0.849. The summed E-state index contributed by atoms with van der Waals surface area (Å²) in [7, 11) is 0. The Balaban J connectivity index is 1.42. The van der Waals surface area contributed by atoms with Gasteiger partial charge in [-0.05, 0) is 37.1 Å². The van der Waals surface area contributed by atoms with Gasteiger partial charge in [-0.25, -0.2) is 14.5 Å². The Morgan fingerprint density at radius 3 is 2.85 bits per heavy atom. The van der Waals surface area contributed by atoms with E-state index in [2.05, 4.69) is 20.7 Å². The molecule has 2 N–H and O–H groups in total. The van der Waals surface area contributed by atoms with Crippen LogP contribution in [-0.2, 0) is 0 Å². The van der Waals surface area contributed by atoms with Crippen molar-refractivity contribution in [1.29, 1.82) is 0 Å². The third kappa shape index (κ3) is 5.19. The lowest BCUT2D eigenvalue weighted by atomic mass is 10.1. The van der Waals surface area contributed by atoms with Gasteiger partial charge in [-0.2, -0.15) is 18.3 Å². The zero-order valence-corrected chi connectivity index (χ0v) is 13.9. The fourth-order valence-corrected chi connectivity index (χ4v) is 2.89. The number of carbonyl (C=O) groups excluding carboxylic acids is 1. The lowest BCUT2D eigenvalue weighted by molar-refractivity contribution is -0.143. The van der Waals surface area contributed by atoms with Crippen LogP contribution in [0.5, 0.6) is 0 Å². The summed E-state index contributed by atoms with van der Waals surface area (Å²) in [6.45, 7) is 0.162. The van der Waals surface area contributed by atoms with Crippen molar-refractivity contribution in [2.45, 2.75) is 12.6 Å². The fourth-order valence-electron chi connectivity index (χ4n) is 2.89. The highest BCUT2D eigenvalue weighted by atomic mass is 19.4. The number of pyridine rings is 1. The molecule has 2 aromatic heterocycles. The Labute approximate surface area is 148 Å². The second-order valence-corrected chi connectivity index (χ2v) is 6.20. The van der Waals surface area contributed by atoms with Crippen LogP contribution in [-0.4, -0.2) is 58.1 Å². The van der Waals surface area contributed by atoms with E-state index in [1.807, 2.05) is 0 Å². The van der Waals surface area contributed by atoms with Gasteiger partial charge in [-0.1, -0.05) is 0 Å². The summed E-state index contributed by atoms with van der Waals surface area (Å²) in [6.07, 6.45) is 1.36. The molecule has 7 nitrogen and oxygen atoms in total. The first-order valence-electron chi connectivity index (χ1n) is 8.19. The number of halogens is 3. The molecule has 1 fully saturated rings. The van der Waals surface area contributed by atoms with Gasteiger partial charge in [-0.3, -0.25) is 4.90 Å². The molecule has 0 spiro atoms. The highest BCUT2D eigenvalue weighted by molar-refractivity contribution is 5.89. The summed E-state index contributed by atoms with van der Waals surface area (Å²) < 4.78 is 38.7. The van der Waals surface area contributed by atoms with Gasteiger partial charge in [0.05, 0.1) is 18.4 Å². The monoisotopic (exact) mass is 368 g/mol. The molecule has 0 aliphatic carbocycles. The number of urea groups is 1. The van der Waals surface area contributed by atoms with Crippen LogP contribution in [0.25, 0.3) is 5.82 Å². The predicted molar refractivity (Wildman–Crippen MR) is 89.0 cm³/mol. The molecule has 0 bridgehead atoms. The second kappa shape index (κ2) is 7.73. The maximum absolute atomic E-state index is 12.4. The third-order valence-corrected chi connectivity index (χ3v) is 4.07. The first kappa shape index (κ1) is 18.2. The zero-order chi connectivity index (χ0) is 18.6. The van der Waals surface area contributed by atoms with Gasteiger partial charge in [0.15, 0.2) is 5.82 Å². The molecule has 1 saturated heterocycles. The number of aromatic nitrogens is 3. The van der Waals surface area contributed by atoms with E-state index >= 15 is 0 Å². The van der Waals surface area contributed by atoms with E-state index in [-0.39, 0.29) is 5.92 Å². The van der Waals surface area contributed by atoms with Gasteiger partial charge in [0.2, 0.25) is 0 Å². The van der Waals surface area contributed by atoms with E-state index < -0.39 is 18.8 Å². The van der Waals surface area contributed by atoms with Crippen molar-refractivity contribution in [3.8, 4) is 5.82 Å². The van der Waals surface area contributed by atoms with Gasteiger partial charge in [0.1, 0.15) is 0 Å². The number of carbonyl (C=O) groups is 1. The van der Waals surface area contributed by atoms with E-state index in [9.17, 15) is 18.0 Å². The van der Waals surface area contributed by atoms with Crippen molar-refractivity contribution >= 4 is 11.7 Å². The minimum atomic E-state index is -4.19. The number of hydrogen-bond donors (Lipinski definition) is 2. The lowest BCUT2D eigenvalue weighted by Crippen LogP contribution is -2.36. The number of anilines is 1. The topological polar surface area (TPSA) is 75.1 Å². The SMILES string of the molecule is O=C(NC[C@H]1CCN(CC(F)(F)F)C1)Nc1ccc(-n2cccn2)nc1.